The Labute approximate surface area is 114 Å². The zero-order chi connectivity index (χ0) is 12.7. The average Bonchev–Trinajstić information content (AvgIpc) is 1.77. The molecule has 6 nitrogen and oxygen atoms in total. The van der Waals surface area contributed by atoms with E-state index >= 15 is 0 Å². The van der Waals surface area contributed by atoms with E-state index in [2.05, 4.69) is 4.65 Å². The molecule has 11 N–H and O–H groups in total. The van der Waals surface area contributed by atoms with Crippen molar-refractivity contribution in [3.05, 3.63) is 0 Å². The average molecular weight is 385 g/mol. The molecular weight excluding hydrogens is 374 g/mol. The van der Waals surface area contributed by atoms with Gasteiger partial charge in [0.1, 0.15) is 0 Å². The predicted molar refractivity (Wildman–Crippen MR) is 76.4 cm³/mol. The smallest absolute Gasteiger partial charge is 0.327 e. The highest BCUT2D eigenvalue weighted by atomic mass is 35.9. The fourth-order valence-electron chi connectivity index (χ4n) is 0.468. The van der Waals surface area contributed by atoms with E-state index in [-0.39, 0.29) is 0 Å². The van der Waals surface area contributed by atoms with E-state index in [4.69, 9.17) is 82.4 Å². The van der Waals surface area contributed by atoms with Crippen LogP contribution in [0.5, 0.6) is 0 Å². The highest BCUT2D eigenvalue weighted by Crippen LogP contribution is 2.29. The third-order valence-electron chi connectivity index (χ3n) is 1.44. The van der Waals surface area contributed by atoms with Crippen LogP contribution in [0, 0.1) is 0 Å². The van der Waals surface area contributed by atoms with Gasteiger partial charge in [0.2, 0.25) is 0 Å². The van der Waals surface area contributed by atoms with E-state index in [1.807, 2.05) is 0 Å². The van der Waals surface area contributed by atoms with Crippen molar-refractivity contribution in [3.63, 3.8) is 0 Å². The standard InChI is InChI=1S/Cl5H11N6Si4/c1-12(2,3)14(5,8)11-15(9,10)13(4,6)7/h11H,6-10H2. The lowest BCUT2D eigenvalue weighted by Gasteiger charge is -2.36. The molecule has 15 heavy (non-hydrogen) atoms. The van der Waals surface area contributed by atoms with Gasteiger partial charge in [-0.1, -0.05) is 0 Å². The van der Waals surface area contributed by atoms with E-state index in [0.717, 1.165) is 0 Å². The lowest BCUT2D eigenvalue weighted by Crippen LogP contribution is -2.94. The lowest BCUT2D eigenvalue weighted by atomic mass is 13.8. The second-order valence-electron chi connectivity index (χ2n) is 2.97. The van der Waals surface area contributed by atoms with Gasteiger partial charge >= 0.3 is 28.0 Å². The Bertz CT molecular complexity index is 205. The largest absolute Gasteiger partial charge is 0.376 e. The van der Waals surface area contributed by atoms with Crippen LogP contribution in [-0.4, -0.2) is 28.0 Å². The van der Waals surface area contributed by atoms with Crippen LogP contribution in [0.15, 0.2) is 0 Å². The molecule has 0 aliphatic rings. The normalized spacial score (nSPS) is 18.8. The predicted octanol–water partition coefficient (Wildman–Crippen LogP) is -1.52. The van der Waals surface area contributed by atoms with Crippen molar-refractivity contribution in [3.8, 4) is 0 Å². The molecule has 0 aliphatic heterocycles. The minimum atomic E-state index is -3.39. The summed E-state index contributed by atoms with van der Waals surface area (Å²) in [4.78, 5) is 0. The minimum absolute atomic E-state index is 2.53. The second-order valence-corrected chi connectivity index (χ2v) is 34.5. The van der Waals surface area contributed by atoms with Gasteiger partial charge in [-0.05, 0) is 0 Å². The first-order valence-electron chi connectivity index (χ1n) is 3.39. The van der Waals surface area contributed by atoms with E-state index in [0.29, 0.717) is 0 Å². The molecule has 1 atom stereocenters. The summed E-state index contributed by atoms with van der Waals surface area (Å²) in [5.41, 5.74) is -3.36. The highest BCUT2D eigenvalue weighted by molar-refractivity contribution is 7.95. The fourth-order valence-corrected chi connectivity index (χ4v) is 19.2. The van der Waals surface area contributed by atoms with Crippen molar-refractivity contribution < 1.29 is 0 Å². The molecule has 0 amide bonds. The Kier molecular flexibility index (Phi) is 5.68. The maximum absolute atomic E-state index is 5.90. The number of hydrogen-bond donors (Lipinski definition) is 6. The zero-order valence-corrected chi connectivity index (χ0v) is 15.1. The third-order valence-corrected chi connectivity index (χ3v) is 32.0. The van der Waals surface area contributed by atoms with Crippen LogP contribution >= 0.6 is 55.4 Å². The molecule has 15 heteroatoms. The van der Waals surface area contributed by atoms with Crippen molar-refractivity contribution in [1.82, 2.24) is 4.65 Å². The van der Waals surface area contributed by atoms with Gasteiger partial charge in [0.25, 0.3) is 0 Å². The molecule has 0 aliphatic carbocycles. The maximum atomic E-state index is 5.90. The Balaban J connectivity index is 4.89. The maximum Gasteiger partial charge on any atom is 0.376 e. The first kappa shape index (κ1) is 17.1. The molecule has 0 rings (SSSR count). The molecule has 0 bridgehead atoms. The van der Waals surface area contributed by atoms with Gasteiger partial charge in [-0.2, -0.15) is 0 Å². The summed E-state index contributed by atoms with van der Waals surface area (Å²) >= 11 is 28.7. The SMILES string of the molecule is N[Si](N)(Cl)[Si](N)(N)N[Si](N)(Cl)[Si](Cl)(Cl)Cl. The van der Waals surface area contributed by atoms with Crippen molar-refractivity contribution in [2.75, 3.05) is 0 Å². The number of nitrogens with one attached hydrogen (secondary N) is 1. The Morgan fingerprint density at radius 2 is 1.07 bits per heavy atom. The summed E-state index contributed by atoms with van der Waals surface area (Å²) in [6.07, 6.45) is 0. The molecule has 0 aromatic carbocycles. The second kappa shape index (κ2) is 4.98. The molecule has 0 fully saturated rings. The van der Waals surface area contributed by atoms with Gasteiger partial charge in [0.15, 0.2) is 0 Å². The van der Waals surface area contributed by atoms with E-state index < -0.39 is 28.0 Å². The summed E-state index contributed by atoms with van der Waals surface area (Å²) in [5.74, 6) is 0. The zero-order valence-electron chi connectivity index (χ0n) is 7.28. The summed E-state index contributed by atoms with van der Waals surface area (Å²) < 4.78 is 2.53. The van der Waals surface area contributed by atoms with E-state index in [1.165, 1.54) is 0 Å². The van der Waals surface area contributed by atoms with Gasteiger partial charge in [-0.15, -0.1) is 55.4 Å². The highest BCUT2D eigenvalue weighted by Gasteiger charge is 2.59. The minimum Gasteiger partial charge on any atom is -0.327 e. The molecule has 0 radical (unpaired) electrons. The molecular formula is H11Cl5N6Si4. The molecule has 0 heterocycles. The van der Waals surface area contributed by atoms with Crippen LogP contribution < -0.4 is 31.6 Å². The number of rotatable bonds is 4. The van der Waals surface area contributed by atoms with Crippen LogP contribution in [-0.2, 0) is 0 Å². The van der Waals surface area contributed by atoms with Crippen molar-refractivity contribution in [1.29, 1.82) is 0 Å². The summed E-state index contributed by atoms with van der Waals surface area (Å²) in [6, 6.07) is 0. The lowest BCUT2D eigenvalue weighted by molar-refractivity contribution is 1.31. The van der Waals surface area contributed by atoms with E-state index in [1.54, 1.807) is 0 Å². The third kappa shape index (κ3) is 4.69. The van der Waals surface area contributed by atoms with Crippen LogP contribution in [0.1, 0.15) is 0 Å². The fraction of sp³-hybridized carbons (Fsp3) is 0. The number of halogens is 5. The molecule has 0 spiro atoms. The Hall–Kier alpha value is 2.08. The van der Waals surface area contributed by atoms with Gasteiger partial charge < -0.3 is 31.6 Å². The van der Waals surface area contributed by atoms with Gasteiger partial charge in [0.05, 0.1) is 0 Å². The first-order chi connectivity index (χ1) is 6.21. The first-order valence-corrected chi connectivity index (χ1v) is 18.8. The molecule has 0 saturated carbocycles. The van der Waals surface area contributed by atoms with Gasteiger partial charge in [-0.25, -0.2) is 0 Å². The van der Waals surface area contributed by atoms with Gasteiger partial charge in [0, 0.05) is 0 Å². The molecule has 0 saturated heterocycles. The topological polar surface area (TPSA) is 142 Å². The summed E-state index contributed by atoms with van der Waals surface area (Å²) in [7, 11) is -10.0. The molecule has 0 aromatic heterocycles. The van der Waals surface area contributed by atoms with Gasteiger partial charge in [-0.3, -0.25) is 0 Å². The van der Waals surface area contributed by atoms with Crippen molar-refractivity contribution in [2.45, 2.75) is 0 Å². The van der Waals surface area contributed by atoms with Crippen molar-refractivity contribution in [2.24, 2.45) is 27.0 Å². The quantitative estimate of drug-likeness (QED) is 0.257. The molecule has 1 unspecified atom stereocenters. The Morgan fingerprint density at radius 3 is 1.27 bits per heavy atom. The molecule has 92 valence electrons. The summed E-state index contributed by atoms with van der Waals surface area (Å²) in [6.45, 7) is 0. The van der Waals surface area contributed by atoms with Crippen LogP contribution in [0.3, 0.4) is 0 Å². The van der Waals surface area contributed by atoms with Crippen LogP contribution in [0.25, 0.3) is 0 Å². The molecule has 0 aromatic rings. The van der Waals surface area contributed by atoms with E-state index in [9.17, 15) is 0 Å². The van der Waals surface area contributed by atoms with Crippen LogP contribution in [0.4, 0.5) is 0 Å². The number of hydrogen-bond acceptors (Lipinski definition) is 6. The van der Waals surface area contributed by atoms with Crippen molar-refractivity contribution >= 4 is 83.4 Å². The number of nitrogens with two attached hydrogens (primary N) is 5. The van der Waals surface area contributed by atoms with Crippen LogP contribution in [0.2, 0.25) is 0 Å². The monoisotopic (exact) mass is 382 g/mol. The Morgan fingerprint density at radius 1 is 0.733 bits per heavy atom. The summed E-state index contributed by atoms with van der Waals surface area (Å²) in [5, 5.41) is 28.0.